The molecular weight excluding hydrogens is 316 g/mol. The lowest BCUT2D eigenvalue weighted by atomic mass is 10.1. The molecule has 0 aliphatic rings. The summed E-state index contributed by atoms with van der Waals surface area (Å²) >= 11 is 0. The van der Waals surface area contributed by atoms with E-state index in [1.165, 1.54) is 6.20 Å². The van der Waals surface area contributed by atoms with E-state index in [9.17, 15) is 4.79 Å². The van der Waals surface area contributed by atoms with Crippen LogP contribution in [0.2, 0.25) is 0 Å². The summed E-state index contributed by atoms with van der Waals surface area (Å²) in [7, 11) is 0. The van der Waals surface area contributed by atoms with Crippen LogP contribution in [0, 0.1) is 0 Å². The number of fused-ring (bicyclic) bond motifs is 2. The van der Waals surface area contributed by atoms with E-state index in [1.54, 1.807) is 6.20 Å². The molecule has 124 valence electrons. The number of hydrogen-bond acceptors (Lipinski definition) is 4. The van der Waals surface area contributed by atoms with E-state index in [0.29, 0.717) is 34.9 Å². The highest BCUT2D eigenvalue weighted by Crippen LogP contribution is 2.25. The molecule has 25 heavy (non-hydrogen) atoms. The maximum Gasteiger partial charge on any atom is 0.255 e. The maximum absolute atomic E-state index is 12.1. The maximum atomic E-state index is 12.1. The smallest absolute Gasteiger partial charge is 0.255 e. The summed E-state index contributed by atoms with van der Waals surface area (Å²) in [5.41, 5.74) is 1.49. The summed E-state index contributed by atoms with van der Waals surface area (Å²) in [5.74, 6) is 0.821. The topological polar surface area (TPSA) is 79.9 Å². The van der Waals surface area contributed by atoms with Gasteiger partial charge in [-0.2, -0.15) is 0 Å². The van der Waals surface area contributed by atoms with Crippen LogP contribution in [-0.4, -0.2) is 27.4 Å². The second-order valence-corrected chi connectivity index (χ2v) is 5.58. The molecular formula is C19H16N4O2. The molecule has 0 saturated heterocycles. The highest BCUT2D eigenvalue weighted by Gasteiger charge is 2.14. The van der Waals surface area contributed by atoms with Crippen LogP contribution < -0.4 is 10.1 Å². The molecule has 0 bridgehead atoms. The molecule has 0 aliphatic heterocycles. The van der Waals surface area contributed by atoms with Crippen LogP contribution in [0.1, 0.15) is 17.3 Å². The minimum Gasteiger partial charge on any atom is -0.437 e. The summed E-state index contributed by atoms with van der Waals surface area (Å²) in [4.78, 5) is 23.8. The Morgan fingerprint density at radius 1 is 1.20 bits per heavy atom. The number of H-pyrrole nitrogens is 1. The third-order valence-electron chi connectivity index (χ3n) is 3.88. The standard InChI is InChI=1S/C19H16N4O2/c1-2-20-19(24)15-10-21-18-17(15)23-16(11-22-18)25-14-8-7-12-5-3-4-6-13(12)9-14/h3-11H,2H2,1H3,(H,20,24)(H,21,22). The monoisotopic (exact) mass is 332 g/mol. The average Bonchev–Trinajstić information content (AvgIpc) is 3.05. The number of hydrogen-bond donors (Lipinski definition) is 2. The van der Waals surface area contributed by atoms with Crippen molar-refractivity contribution >= 4 is 27.8 Å². The minimum absolute atomic E-state index is 0.189. The van der Waals surface area contributed by atoms with Crippen LogP contribution in [0.5, 0.6) is 11.6 Å². The summed E-state index contributed by atoms with van der Waals surface area (Å²) in [6.45, 7) is 2.42. The third kappa shape index (κ3) is 2.89. The van der Waals surface area contributed by atoms with Crippen LogP contribution in [0.3, 0.4) is 0 Å². The first-order valence-corrected chi connectivity index (χ1v) is 8.03. The summed E-state index contributed by atoms with van der Waals surface area (Å²) in [6.07, 6.45) is 3.14. The molecule has 6 heteroatoms. The Labute approximate surface area is 143 Å². The van der Waals surface area contributed by atoms with Crippen LogP contribution in [-0.2, 0) is 0 Å². The summed E-state index contributed by atoms with van der Waals surface area (Å²) in [5, 5.41) is 4.98. The number of aromatic nitrogens is 3. The van der Waals surface area contributed by atoms with E-state index in [2.05, 4.69) is 20.3 Å². The number of nitrogens with one attached hydrogen (secondary N) is 2. The van der Waals surface area contributed by atoms with Crippen LogP contribution >= 0.6 is 0 Å². The Morgan fingerprint density at radius 2 is 2.04 bits per heavy atom. The van der Waals surface area contributed by atoms with Gasteiger partial charge in [0.1, 0.15) is 11.3 Å². The van der Waals surface area contributed by atoms with Crippen molar-refractivity contribution < 1.29 is 9.53 Å². The van der Waals surface area contributed by atoms with Gasteiger partial charge in [0, 0.05) is 12.7 Å². The first-order valence-electron chi connectivity index (χ1n) is 8.03. The van der Waals surface area contributed by atoms with Crippen LogP contribution in [0.25, 0.3) is 21.9 Å². The second-order valence-electron chi connectivity index (χ2n) is 5.58. The van der Waals surface area contributed by atoms with E-state index in [0.717, 1.165) is 10.8 Å². The fourth-order valence-electron chi connectivity index (χ4n) is 2.70. The largest absolute Gasteiger partial charge is 0.437 e. The Balaban J connectivity index is 1.68. The van der Waals surface area contributed by atoms with Gasteiger partial charge in [-0.25, -0.2) is 9.97 Å². The number of carbonyl (C=O) groups excluding carboxylic acids is 1. The van der Waals surface area contributed by atoms with Crippen molar-refractivity contribution in [3.05, 3.63) is 60.4 Å². The van der Waals surface area contributed by atoms with E-state index in [1.807, 2.05) is 49.4 Å². The average molecular weight is 332 g/mol. The lowest BCUT2D eigenvalue weighted by Gasteiger charge is -2.06. The van der Waals surface area contributed by atoms with Crippen molar-refractivity contribution in [1.82, 2.24) is 20.3 Å². The fraction of sp³-hybridized carbons (Fsp3) is 0.105. The predicted molar refractivity (Wildman–Crippen MR) is 95.9 cm³/mol. The van der Waals surface area contributed by atoms with Gasteiger partial charge in [-0.3, -0.25) is 4.79 Å². The van der Waals surface area contributed by atoms with E-state index >= 15 is 0 Å². The molecule has 0 radical (unpaired) electrons. The molecule has 2 aromatic carbocycles. The van der Waals surface area contributed by atoms with E-state index in [4.69, 9.17) is 4.74 Å². The Kier molecular flexibility index (Phi) is 3.78. The SMILES string of the molecule is CCNC(=O)c1c[nH]c2ncc(Oc3ccc4ccccc4c3)nc12. The Hall–Kier alpha value is -3.41. The first-order chi connectivity index (χ1) is 12.2. The van der Waals surface area contributed by atoms with Crippen molar-refractivity contribution in [1.29, 1.82) is 0 Å². The zero-order chi connectivity index (χ0) is 17.2. The number of nitrogens with zero attached hydrogens (tertiary/aromatic N) is 2. The molecule has 2 heterocycles. The van der Waals surface area contributed by atoms with Gasteiger partial charge in [0.05, 0.1) is 11.8 Å². The van der Waals surface area contributed by atoms with Gasteiger partial charge in [0.2, 0.25) is 5.88 Å². The Morgan fingerprint density at radius 3 is 2.88 bits per heavy atom. The molecule has 0 saturated carbocycles. The normalized spacial score (nSPS) is 10.9. The Bertz CT molecular complexity index is 1070. The van der Waals surface area contributed by atoms with E-state index in [-0.39, 0.29) is 5.91 Å². The third-order valence-corrected chi connectivity index (χ3v) is 3.88. The van der Waals surface area contributed by atoms with E-state index < -0.39 is 0 Å². The molecule has 0 aliphatic carbocycles. The number of amides is 1. The zero-order valence-corrected chi connectivity index (χ0v) is 13.6. The molecule has 2 aromatic heterocycles. The van der Waals surface area contributed by atoms with Gasteiger partial charge < -0.3 is 15.0 Å². The van der Waals surface area contributed by atoms with Gasteiger partial charge in [-0.1, -0.05) is 30.3 Å². The zero-order valence-electron chi connectivity index (χ0n) is 13.6. The minimum atomic E-state index is -0.189. The van der Waals surface area contributed by atoms with Gasteiger partial charge in [-0.05, 0) is 29.8 Å². The molecule has 0 fully saturated rings. The van der Waals surface area contributed by atoms with Gasteiger partial charge in [-0.15, -0.1) is 0 Å². The predicted octanol–water partition coefficient (Wildman–Crippen LogP) is 3.65. The lowest BCUT2D eigenvalue weighted by Crippen LogP contribution is -2.22. The van der Waals surface area contributed by atoms with Gasteiger partial charge in [0.15, 0.2) is 5.65 Å². The fourth-order valence-corrected chi connectivity index (χ4v) is 2.70. The summed E-state index contributed by atoms with van der Waals surface area (Å²) in [6, 6.07) is 13.9. The molecule has 6 nitrogen and oxygen atoms in total. The number of carbonyl (C=O) groups is 1. The number of ether oxygens (including phenoxy) is 1. The van der Waals surface area contributed by atoms with Crippen molar-refractivity contribution in [3.8, 4) is 11.6 Å². The van der Waals surface area contributed by atoms with Crippen molar-refractivity contribution in [2.45, 2.75) is 6.92 Å². The van der Waals surface area contributed by atoms with Crippen LogP contribution in [0.4, 0.5) is 0 Å². The van der Waals surface area contributed by atoms with Crippen molar-refractivity contribution in [3.63, 3.8) is 0 Å². The molecule has 0 atom stereocenters. The number of benzene rings is 2. The van der Waals surface area contributed by atoms with Gasteiger partial charge >= 0.3 is 0 Å². The molecule has 4 aromatic rings. The first kappa shape index (κ1) is 15.1. The highest BCUT2D eigenvalue weighted by molar-refractivity contribution is 6.04. The highest BCUT2D eigenvalue weighted by atomic mass is 16.5. The summed E-state index contributed by atoms with van der Waals surface area (Å²) < 4.78 is 5.84. The van der Waals surface area contributed by atoms with Crippen LogP contribution in [0.15, 0.2) is 54.9 Å². The lowest BCUT2D eigenvalue weighted by molar-refractivity contribution is 0.0957. The molecule has 0 spiro atoms. The van der Waals surface area contributed by atoms with Crippen molar-refractivity contribution in [2.24, 2.45) is 0 Å². The van der Waals surface area contributed by atoms with Crippen molar-refractivity contribution in [2.75, 3.05) is 6.54 Å². The van der Waals surface area contributed by atoms with Gasteiger partial charge in [0.25, 0.3) is 5.91 Å². The number of aromatic amines is 1. The molecule has 2 N–H and O–H groups in total. The number of rotatable bonds is 4. The molecule has 4 rings (SSSR count). The molecule has 1 amide bonds. The quantitative estimate of drug-likeness (QED) is 0.598. The molecule has 0 unspecified atom stereocenters. The second kappa shape index (κ2) is 6.24.